The summed E-state index contributed by atoms with van der Waals surface area (Å²) in [7, 11) is -4.38. The molecule has 1 aromatic heterocycles. The maximum absolute atomic E-state index is 14.4. The number of sulfonamides is 1. The maximum Gasteiger partial charge on any atom is 0.434 e. The second-order valence-electron chi connectivity index (χ2n) is 12.1. The van der Waals surface area contributed by atoms with Crippen molar-refractivity contribution in [1.82, 2.24) is 15.0 Å². The number of benzene rings is 1. The molecule has 2 aromatic rings. The Balaban J connectivity index is 1.66. The fourth-order valence-corrected chi connectivity index (χ4v) is 7.85. The summed E-state index contributed by atoms with van der Waals surface area (Å²) in [5.74, 6) is -0.312. The number of nitrogens with zero attached hydrogens (tertiary/aromatic N) is 1. The summed E-state index contributed by atoms with van der Waals surface area (Å²) in [6.07, 6.45) is -4.99. The van der Waals surface area contributed by atoms with Crippen LogP contribution < -0.4 is 15.4 Å². The fraction of sp³-hybridized carbons (Fsp3) is 0.607. The molecule has 11 nitrogen and oxygen atoms in total. The summed E-state index contributed by atoms with van der Waals surface area (Å²) in [5, 5.41) is 5.47. The summed E-state index contributed by atoms with van der Waals surface area (Å²) in [4.78, 5) is 27.5. The second-order valence-corrected chi connectivity index (χ2v) is 14.8. The lowest BCUT2D eigenvalue weighted by molar-refractivity contribution is -0.140. The molecule has 244 valence electrons. The van der Waals surface area contributed by atoms with Crippen LogP contribution in [0.3, 0.4) is 0 Å². The number of amides is 2. The first-order chi connectivity index (χ1) is 20.4. The van der Waals surface area contributed by atoms with Crippen molar-refractivity contribution in [3.05, 3.63) is 28.9 Å². The number of hydrogen-bond donors (Lipinski definition) is 3. The van der Waals surface area contributed by atoms with E-state index < -0.39 is 50.6 Å². The van der Waals surface area contributed by atoms with Gasteiger partial charge in [0.1, 0.15) is 0 Å². The molecule has 16 heteroatoms. The first-order valence-electron chi connectivity index (χ1n) is 14.2. The topological polar surface area (TPSA) is 145 Å². The average molecular weight is 663 g/mol. The van der Waals surface area contributed by atoms with Crippen LogP contribution in [-0.2, 0) is 30.4 Å². The van der Waals surface area contributed by atoms with E-state index in [1.54, 1.807) is 34.6 Å². The van der Waals surface area contributed by atoms with Gasteiger partial charge in [-0.3, -0.25) is 5.32 Å². The van der Waals surface area contributed by atoms with E-state index >= 15 is 0 Å². The lowest BCUT2D eigenvalue weighted by Gasteiger charge is -2.28. The molecule has 2 fully saturated rings. The number of rotatable bonds is 8. The highest BCUT2D eigenvalue weighted by molar-refractivity contribution is 7.89. The summed E-state index contributed by atoms with van der Waals surface area (Å²) < 4.78 is 88.0. The van der Waals surface area contributed by atoms with Crippen molar-refractivity contribution < 1.29 is 45.4 Å². The number of carbonyl (C=O) groups is 2. The quantitative estimate of drug-likeness (QED) is 0.312. The van der Waals surface area contributed by atoms with Crippen LogP contribution in [0.2, 0.25) is 0 Å². The molecule has 1 aliphatic carbocycles. The normalized spacial score (nSPS) is 19.8. The van der Waals surface area contributed by atoms with Crippen LogP contribution in [0.1, 0.15) is 76.9 Å². The van der Waals surface area contributed by atoms with E-state index in [-0.39, 0.29) is 52.4 Å². The Hall–Kier alpha value is -2.95. The van der Waals surface area contributed by atoms with Crippen LogP contribution in [-0.4, -0.2) is 62.6 Å². The number of carbonyl (C=O) groups excluding carboxylic acids is 2. The first-order valence-corrected chi connectivity index (χ1v) is 16.5. The maximum atomic E-state index is 14.4. The lowest BCUT2D eigenvalue weighted by atomic mass is 9.86. The summed E-state index contributed by atoms with van der Waals surface area (Å²) >= 11 is 0.795. The van der Waals surface area contributed by atoms with Crippen molar-refractivity contribution >= 4 is 39.2 Å². The van der Waals surface area contributed by atoms with Crippen LogP contribution in [0.25, 0.3) is 10.4 Å². The van der Waals surface area contributed by atoms with Gasteiger partial charge in [-0.15, -0.1) is 11.3 Å². The van der Waals surface area contributed by atoms with Gasteiger partial charge >= 0.3 is 18.4 Å². The molecule has 1 aliphatic heterocycles. The van der Waals surface area contributed by atoms with E-state index in [2.05, 4.69) is 20.3 Å². The predicted molar refractivity (Wildman–Crippen MR) is 157 cm³/mol. The molecule has 3 N–H and O–H groups in total. The van der Waals surface area contributed by atoms with Crippen molar-refractivity contribution in [2.75, 3.05) is 18.5 Å². The Labute approximate surface area is 258 Å². The number of halogens is 3. The van der Waals surface area contributed by atoms with E-state index in [0.29, 0.717) is 25.7 Å². The lowest BCUT2D eigenvalue weighted by Crippen LogP contribution is -2.40. The zero-order valence-corrected chi connectivity index (χ0v) is 26.7. The Morgan fingerprint density at radius 2 is 1.73 bits per heavy atom. The number of alkyl carbamates (subject to hydrolysis) is 1. The third kappa shape index (κ3) is 8.82. The van der Waals surface area contributed by atoms with Crippen molar-refractivity contribution in [2.24, 2.45) is 0 Å². The predicted octanol–water partition coefficient (Wildman–Crippen LogP) is 6.01. The van der Waals surface area contributed by atoms with Gasteiger partial charge in [0.05, 0.1) is 34.1 Å². The van der Waals surface area contributed by atoms with Gasteiger partial charge in [0.15, 0.2) is 11.8 Å². The number of alkyl halides is 3. The molecule has 0 bridgehead atoms. The molecule has 2 amide bonds. The number of aromatic nitrogens is 1. The van der Waals surface area contributed by atoms with Crippen LogP contribution in [0.15, 0.2) is 23.1 Å². The minimum absolute atomic E-state index is 0.0217. The molecule has 0 unspecified atom stereocenters. The van der Waals surface area contributed by atoms with Gasteiger partial charge in [-0.2, -0.15) is 13.2 Å². The van der Waals surface area contributed by atoms with Crippen LogP contribution in [0, 0.1) is 0 Å². The Morgan fingerprint density at radius 1 is 1.07 bits per heavy atom. The SMILES string of the molecule is CC(C)OC(=O)N[C@H]1CC[C@H](c2nc(C(F)(F)F)c(-c3ccc(NC(=O)OC4COC4)cc3S(=O)(=O)NC(C)(C)C)s2)CC1. The summed E-state index contributed by atoms with van der Waals surface area (Å²) in [6, 6.07) is 3.47. The zero-order valence-electron chi connectivity index (χ0n) is 25.0. The van der Waals surface area contributed by atoms with Gasteiger partial charge in [-0.05, 0) is 72.4 Å². The Morgan fingerprint density at radius 3 is 2.27 bits per heavy atom. The van der Waals surface area contributed by atoms with Crippen LogP contribution in [0.5, 0.6) is 0 Å². The molecule has 0 atom stereocenters. The second kappa shape index (κ2) is 13.2. The molecule has 2 aliphatic rings. The molecule has 1 saturated carbocycles. The van der Waals surface area contributed by atoms with Gasteiger partial charge in [0.2, 0.25) is 10.0 Å². The number of anilines is 1. The van der Waals surface area contributed by atoms with Gasteiger partial charge in [-0.1, -0.05) is 6.07 Å². The van der Waals surface area contributed by atoms with Gasteiger partial charge in [-0.25, -0.2) is 27.7 Å². The third-order valence-electron chi connectivity index (χ3n) is 6.74. The highest BCUT2D eigenvalue weighted by Gasteiger charge is 2.41. The average Bonchev–Trinajstić information content (AvgIpc) is 3.31. The van der Waals surface area contributed by atoms with E-state index in [1.807, 2.05) is 0 Å². The van der Waals surface area contributed by atoms with Crippen molar-refractivity contribution in [3.8, 4) is 10.4 Å². The van der Waals surface area contributed by atoms with E-state index in [0.717, 1.165) is 17.4 Å². The minimum atomic E-state index is -4.87. The highest BCUT2D eigenvalue weighted by atomic mass is 32.2. The fourth-order valence-electron chi connectivity index (χ4n) is 4.83. The van der Waals surface area contributed by atoms with E-state index in [1.165, 1.54) is 12.1 Å². The van der Waals surface area contributed by atoms with E-state index in [9.17, 15) is 31.2 Å². The molecule has 44 heavy (non-hydrogen) atoms. The van der Waals surface area contributed by atoms with Crippen molar-refractivity contribution in [1.29, 1.82) is 0 Å². The summed E-state index contributed by atoms with van der Waals surface area (Å²) in [6.45, 7) is 8.73. The van der Waals surface area contributed by atoms with Crippen LogP contribution >= 0.6 is 11.3 Å². The monoisotopic (exact) mass is 662 g/mol. The smallest absolute Gasteiger partial charge is 0.434 e. The molecule has 0 radical (unpaired) electrons. The molecule has 1 saturated heterocycles. The van der Waals surface area contributed by atoms with E-state index in [4.69, 9.17) is 14.2 Å². The Kier molecular flexibility index (Phi) is 10.2. The molecule has 4 rings (SSSR count). The van der Waals surface area contributed by atoms with Gasteiger partial charge in [0, 0.05) is 28.7 Å². The van der Waals surface area contributed by atoms with Gasteiger partial charge < -0.3 is 19.5 Å². The number of nitrogens with one attached hydrogen (secondary N) is 3. The van der Waals surface area contributed by atoms with Crippen LogP contribution in [0.4, 0.5) is 28.4 Å². The molecule has 2 heterocycles. The van der Waals surface area contributed by atoms with Gasteiger partial charge in [0.25, 0.3) is 0 Å². The Bertz CT molecular complexity index is 1460. The highest BCUT2D eigenvalue weighted by Crippen LogP contribution is 2.46. The first kappa shape index (κ1) is 33.9. The molecular formula is C28H37F3N4O7S2. The molecule has 0 spiro atoms. The van der Waals surface area contributed by atoms with Crippen molar-refractivity contribution in [2.45, 2.75) is 101 Å². The molecule has 1 aromatic carbocycles. The number of ether oxygens (including phenoxy) is 3. The third-order valence-corrected chi connectivity index (χ3v) is 9.79. The largest absolute Gasteiger partial charge is 0.447 e. The standard InChI is InChI=1S/C28H37F3N4O7S2/c1-15(2)41-25(36)32-17-8-6-16(7-9-17)24-34-23(28(29,30)31)22(43-24)20-11-10-18(33-26(37)42-19-13-40-14-19)12-21(20)44(38,39)35-27(3,4)5/h10-12,15-17,19,35H,6-9,13-14H2,1-5H3,(H,32,36)(H,33,37)/t16-,17-. The molecular weight excluding hydrogens is 625 g/mol. The number of thiazole rings is 1. The zero-order chi connectivity index (χ0) is 32.4. The number of hydrogen-bond acceptors (Lipinski definition) is 9. The van der Waals surface area contributed by atoms with Crippen molar-refractivity contribution in [3.63, 3.8) is 0 Å². The minimum Gasteiger partial charge on any atom is -0.447 e. The summed E-state index contributed by atoms with van der Waals surface area (Å²) in [5.41, 5.74) is -2.32.